The van der Waals surface area contributed by atoms with Crippen LogP contribution in [-0.2, 0) is 0 Å². The first-order valence-electron chi connectivity index (χ1n) is 3.97. The molecule has 0 aliphatic heterocycles. The van der Waals surface area contributed by atoms with Crippen LogP contribution in [-0.4, -0.2) is 10.7 Å². The van der Waals surface area contributed by atoms with Gasteiger partial charge in [-0.05, 0) is 19.1 Å². The van der Waals surface area contributed by atoms with Crippen molar-refractivity contribution < 1.29 is 0 Å². The third-order valence-electron chi connectivity index (χ3n) is 1.43. The van der Waals surface area contributed by atoms with E-state index in [-0.39, 0.29) is 0 Å². The topological polar surface area (TPSA) is 36.7 Å². The number of rotatable bonds is 3. The zero-order valence-corrected chi connectivity index (χ0v) is 8.21. The molecule has 0 atom stereocenters. The van der Waals surface area contributed by atoms with Crippen LogP contribution >= 0.6 is 11.8 Å². The van der Waals surface area contributed by atoms with E-state index in [0.29, 0.717) is 5.56 Å². The summed E-state index contributed by atoms with van der Waals surface area (Å²) in [7, 11) is 0. The monoisotopic (exact) mass is 190 g/mol. The Labute approximate surface area is 82.3 Å². The molecule has 1 aromatic rings. The van der Waals surface area contributed by atoms with Crippen molar-refractivity contribution in [3.8, 4) is 6.07 Å². The van der Waals surface area contributed by atoms with Crippen LogP contribution in [0.15, 0.2) is 35.5 Å². The fourth-order valence-electron chi connectivity index (χ4n) is 0.788. The maximum Gasteiger partial charge on any atom is 0.0993 e. The number of aromatic nitrogens is 1. The predicted octanol–water partition coefficient (Wildman–Crippen LogP) is 2.62. The van der Waals surface area contributed by atoms with Crippen molar-refractivity contribution in [3.63, 3.8) is 0 Å². The molecular weight excluding hydrogens is 180 g/mol. The molecule has 0 N–H and O–H groups in total. The summed E-state index contributed by atoms with van der Waals surface area (Å²) in [5, 5.41) is 9.53. The highest BCUT2D eigenvalue weighted by atomic mass is 32.2. The van der Waals surface area contributed by atoms with Gasteiger partial charge >= 0.3 is 0 Å². The maximum atomic E-state index is 8.63. The number of hydrogen-bond acceptors (Lipinski definition) is 3. The van der Waals surface area contributed by atoms with E-state index in [0.717, 1.165) is 10.8 Å². The van der Waals surface area contributed by atoms with Crippen LogP contribution in [0, 0.1) is 11.3 Å². The lowest BCUT2D eigenvalue weighted by molar-refractivity contribution is 1.13. The molecule has 0 aliphatic carbocycles. The predicted molar refractivity (Wildman–Crippen MR) is 54.5 cm³/mol. The molecule has 0 saturated carbocycles. The van der Waals surface area contributed by atoms with Gasteiger partial charge in [-0.25, -0.2) is 4.98 Å². The van der Waals surface area contributed by atoms with Crippen LogP contribution in [0.4, 0.5) is 0 Å². The van der Waals surface area contributed by atoms with E-state index >= 15 is 0 Å². The van der Waals surface area contributed by atoms with Gasteiger partial charge in [-0.15, -0.1) is 11.8 Å². The van der Waals surface area contributed by atoms with Crippen molar-refractivity contribution >= 4 is 11.8 Å². The van der Waals surface area contributed by atoms with E-state index in [2.05, 4.69) is 17.1 Å². The molecule has 0 saturated heterocycles. The molecule has 0 spiro atoms. The number of hydrogen-bond donors (Lipinski definition) is 0. The van der Waals surface area contributed by atoms with E-state index < -0.39 is 0 Å². The van der Waals surface area contributed by atoms with E-state index in [1.807, 2.05) is 13.0 Å². The largest absolute Gasteiger partial charge is 0.250 e. The summed E-state index contributed by atoms with van der Waals surface area (Å²) in [4.78, 5) is 4.14. The van der Waals surface area contributed by atoms with Gasteiger partial charge in [0.05, 0.1) is 16.7 Å². The fraction of sp³-hybridized carbons (Fsp3) is 0.200. The first-order chi connectivity index (χ1) is 6.36. The van der Waals surface area contributed by atoms with Gasteiger partial charge in [0, 0.05) is 11.9 Å². The highest BCUT2D eigenvalue weighted by Crippen LogP contribution is 2.15. The molecule has 0 aromatic carbocycles. The van der Waals surface area contributed by atoms with Crippen LogP contribution in [0.2, 0.25) is 0 Å². The van der Waals surface area contributed by atoms with Crippen LogP contribution in [0.1, 0.15) is 12.5 Å². The van der Waals surface area contributed by atoms with Crippen LogP contribution < -0.4 is 0 Å². The molecule has 13 heavy (non-hydrogen) atoms. The zero-order valence-electron chi connectivity index (χ0n) is 7.40. The molecule has 0 unspecified atom stereocenters. The molecule has 1 rings (SSSR count). The first-order valence-corrected chi connectivity index (χ1v) is 4.95. The number of pyridine rings is 1. The Morgan fingerprint density at radius 1 is 1.69 bits per heavy atom. The summed E-state index contributed by atoms with van der Waals surface area (Å²) in [6, 6.07) is 5.59. The minimum Gasteiger partial charge on any atom is -0.250 e. The summed E-state index contributed by atoms with van der Waals surface area (Å²) < 4.78 is 0. The molecule has 0 radical (unpaired) electrons. The Hall–Kier alpha value is -1.27. The number of allylic oxidation sites excluding steroid dienone is 1. The van der Waals surface area contributed by atoms with Gasteiger partial charge in [0.2, 0.25) is 0 Å². The van der Waals surface area contributed by atoms with Crippen molar-refractivity contribution in [2.24, 2.45) is 0 Å². The molecule has 0 bridgehead atoms. The maximum absolute atomic E-state index is 8.63. The Kier molecular flexibility index (Phi) is 4.07. The molecule has 66 valence electrons. The van der Waals surface area contributed by atoms with Crippen molar-refractivity contribution in [1.29, 1.82) is 5.26 Å². The second kappa shape index (κ2) is 5.39. The van der Waals surface area contributed by atoms with Gasteiger partial charge in [0.25, 0.3) is 0 Å². The van der Waals surface area contributed by atoms with Crippen LogP contribution in [0.3, 0.4) is 0 Å². The summed E-state index contributed by atoms with van der Waals surface area (Å²) in [5.41, 5.74) is 0.665. The van der Waals surface area contributed by atoms with Crippen LogP contribution in [0.5, 0.6) is 0 Å². The molecule has 2 nitrogen and oxygen atoms in total. The minimum atomic E-state index is 0.665. The zero-order chi connectivity index (χ0) is 9.52. The smallest absolute Gasteiger partial charge is 0.0993 e. The van der Waals surface area contributed by atoms with Crippen molar-refractivity contribution in [2.45, 2.75) is 11.9 Å². The van der Waals surface area contributed by atoms with Gasteiger partial charge < -0.3 is 0 Å². The molecule has 0 fully saturated rings. The summed E-state index contributed by atoms with van der Waals surface area (Å²) in [5.74, 6) is 0.901. The van der Waals surface area contributed by atoms with Crippen molar-refractivity contribution in [1.82, 2.24) is 4.98 Å². The highest BCUT2D eigenvalue weighted by Gasteiger charge is 1.95. The lowest BCUT2D eigenvalue weighted by atomic mass is 10.3. The van der Waals surface area contributed by atoms with Gasteiger partial charge in [-0.2, -0.15) is 5.26 Å². The normalized spacial score (nSPS) is 10.2. The Morgan fingerprint density at radius 2 is 2.54 bits per heavy atom. The summed E-state index contributed by atoms with van der Waals surface area (Å²) in [6.07, 6.45) is 5.73. The van der Waals surface area contributed by atoms with Gasteiger partial charge in [-0.1, -0.05) is 12.2 Å². The number of nitrogens with zero attached hydrogens (tertiary/aromatic N) is 2. The van der Waals surface area contributed by atoms with E-state index in [4.69, 9.17) is 5.26 Å². The number of nitriles is 1. The lowest BCUT2D eigenvalue weighted by Crippen LogP contribution is -1.82. The Bertz CT molecular complexity index is 339. The van der Waals surface area contributed by atoms with Gasteiger partial charge in [-0.3, -0.25) is 0 Å². The summed E-state index contributed by atoms with van der Waals surface area (Å²) >= 11 is 1.63. The van der Waals surface area contributed by atoms with Gasteiger partial charge in [0.15, 0.2) is 0 Å². The lowest BCUT2D eigenvalue weighted by Gasteiger charge is -1.96. The minimum absolute atomic E-state index is 0.665. The first kappa shape index (κ1) is 9.82. The van der Waals surface area contributed by atoms with Crippen LogP contribution in [0.25, 0.3) is 0 Å². The quantitative estimate of drug-likeness (QED) is 0.543. The molecule has 1 heterocycles. The molecule has 0 aliphatic rings. The molecule has 1 aromatic heterocycles. The average molecular weight is 190 g/mol. The number of thioether (sulfide) groups is 1. The van der Waals surface area contributed by atoms with E-state index in [1.54, 1.807) is 30.1 Å². The SMILES string of the molecule is C/C=C/CSc1cc(C#N)ccn1. The highest BCUT2D eigenvalue weighted by molar-refractivity contribution is 7.99. The standard InChI is InChI=1S/C10H10N2S/c1-2-3-6-13-10-7-9(8-11)4-5-12-10/h2-5,7H,6H2,1H3/b3-2+. The fourth-order valence-corrected chi connectivity index (χ4v) is 1.59. The second-order valence-electron chi connectivity index (χ2n) is 2.37. The summed E-state index contributed by atoms with van der Waals surface area (Å²) in [6.45, 7) is 1.99. The average Bonchev–Trinajstić information content (AvgIpc) is 2.19. The van der Waals surface area contributed by atoms with Crippen molar-refractivity contribution in [3.05, 3.63) is 36.0 Å². The van der Waals surface area contributed by atoms with E-state index in [1.165, 1.54) is 0 Å². The Balaban J connectivity index is 2.62. The molecular formula is C10H10N2S. The Morgan fingerprint density at radius 3 is 3.23 bits per heavy atom. The van der Waals surface area contributed by atoms with E-state index in [9.17, 15) is 0 Å². The van der Waals surface area contributed by atoms with Gasteiger partial charge in [0.1, 0.15) is 0 Å². The second-order valence-corrected chi connectivity index (χ2v) is 3.41. The molecule has 3 heteroatoms. The third-order valence-corrected chi connectivity index (χ3v) is 2.31. The van der Waals surface area contributed by atoms with Crippen molar-refractivity contribution in [2.75, 3.05) is 5.75 Å². The molecule has 0 amide bonds. The third kappa shape index (κ3) is 3.30.